The highest BCUT2D eigenvalue weighted by atomic mass is 127. The Kier molecular flexibility index (Phi) is 9.81. The number of halogens is 1. The van der Waals surface area contributed by atoms with Crippen molar-refractivity contribution in [2.24, 2.45) is 12.0 Å². The largest absolute Gasteiger partial charge is 0.390 e. The van der Waals surface area contributed by atoms with Gasteiger partial charge in [0.25, 0.3) is 0 Å². The average molecular weight is 568 g/mol. The van der Waals surface area contributed by atoms with E-state index in [0.717, 1.165) is 57.9 Å². The molecule has 1 saturated heterocycles. The maximum absolute atomic E-state index is 10.6. The van der Waals surface area contributed by atoms with Crippen molar-refractivity contribution in [2.75, 3.05) is 44.2 Å². The number of nitrogens with zero attached hydrogens (tertiary/aromatic N) is 5. The molecule has 8 nitrogen and oxygen atoms in total. The zero-order valence-corrected chi connectivity index (χ0v) is 22.1. The van der Waals surface area contributed by atoms with Gasteiger partial charge in [0.15, 0.2) is 5.96 Å². The molecule has 2 aromatic rings. The number of piperidine rings is 1. The van der Waals surface area contributed by atoms with Crippen LogP contribution in [0.15, 0.2) is 41.7 Å². The van der Waals surface area contributed by atoms with E-state index in [-0.39, 0.29) is 24.0 Å². The third-order valence-corrected chi connectivity index (χ3v) is 6.30. The van der Waals surface area contributed by atoms with E-state index in [4.69, 9.17) is 4.99 Å². The van der Waals surface area contributed by atoms with Gasteiger partial charge in [0.2, 0.25) is 0 Å². The van der Waals surface area contributed by atoms with Crippen molar-refractivity contribution >= 4 is 35.6 Å². The first-order valence-corrected chi connectivity index (χ1v) is 11.9. The van der Waals surface area contributed by atoms with Gasteiger partial charge in [-0.1, -0.05) is 24.3 Å². The lowest BCUT2D eigenvalue weighted by atomic mass is 10.00. The molecule has 1 aromatic carbocycles. The summed E-state index contributed by atoms with van der Waals surface area (Å²) in [6, 6.07) is 8.92. The molecule has 2 unspecified atom stereocenters. The fraction of sp³-hybridized carbons (Fsp3) is 0.583. The van der Waals surface area contributed by atoms with E-state index in [2.05, 4.69) is 62.9 Å². The summed E-state index contributed by atoms with van der Waals surface area (Å²) >= 11 is 0. The Labute approximate surface area is 214 Å². The van der Waals surface area contributed by atoms with E-state index in [1.54, 1.807) is 0 Å². The molecule has 3 N–H and O–H groups in total. The summed E-state index contributed by atoms with van der Waals surface area (Å²) in [5, 5.41) is 21.9. The number of nitrogens with one attached hydrogen (secondary N) is 2. The highest BCUT2D eigenvalue weighted by molar-refractivity contribution is 14.0. The second-order valence-electron chi connectivity index (χ2n) is 8.93. The average Bonchev–Trinajstić information content (AvgIpc) is 3.24. The molecule has 0 amide bonds. The zero-order chi connectivity index (χ0) is 22.3. The SMILES string of the molecule is CCNC(=NCC(O)CN1CCc2ccccc2C1)NC1CCCN(c2cnn(C)c2)C1.I. The van der Waals surface area contributed by atoms with Gasteiger partial charge in [-0.15, -0.1) is 24.0 Å². The van der Waals surface area contributed by atoms with Crippen molar-refractivity contribution in [3.05, 3.63) is 47.8 Å². The van der Waals surface area contributed by atoms with Crippen molar-refractivity contribution in [1.29, 1.82) is 0 Å². The zero-order valence-electron chi connectivity index (χ0n) is 19.8. The Morgan fingerprint density at radius 2 is 2.09 bits per heavy atom. The van der Waals surface area contributed by atoms with Crippen molar-refractivity contribution < 1.29 is 5.11 Å². The quantitative estimate of drug-likeness (QED) is 0.270. The Hall–Kier alpha value is -1.85. The third-order valence-electron chi connectivity index (χ3n) is 6.30. The molecule has 0 spiro atoms. The first-order chi connectivity index (χ1) is 15.6. The lowest BCUT2D eigenvalue weighted by Crippen LogP contribution is -2.51. The van der Waals surface area contributed by atoms with Gasteiger partial charge in [-0.25, -0.2) is 0 Å². The minimum Gasteiger partial charge on any atom is -0.390 e. The molecular formula is C24H38IN7O. The number of aliphatic hydroxyl groups is 1. The number of hydrogen-bond donors (Lipinski definition) is 3. The molecule has 0 radical (unpaired) electrons. The van der Waals surface area contributed by atoms with Crippen LogP contribution in [0.25, 0.3) is 0 Å². The summed E-state index contributed by atoms with van der Waals surface area (Å²) in [6.45, 7) is 7.78. The summed E-state index contributed by atoms with van der Waals surface area (Å²) < 4.78 is 1.85. The van der Waals surface area contributed by atoms with Crippen LogP contribution in [0.4, 0.5) is 5.69 Å². The minimum atomic E-state index is -0.478. The van der Waals surface area contributed by atoms with Crippen LogP contribution in [0.2, 0.25) is 0 Å². The van der Waals surface area contributed by atoms with Crippen LogP contribution < -0.4 is 15.5 Å². The number of anilines is 1. The highest BCUT2D eigenvalue weighted by Gasteiger charge is 2.22. The number of aliphatic imine (C=N–C) groups is 1. The van der Waals surface area contributed by atoms with Gasteiger partial charge in [-0.2, -0.15) is 5.10 Å². The molecule has 2 atom stereocenters. The molecule has 1 fully saturated rings. The number of aliphatic hydroxyl groups excluding tert-OH is 1. The molecule has 0 saturated carbocycles. The first kappa shape index (κ1) is 25.8. The molecule has 4 rings (SSSR count). The predicted octanol–water partition coefficient (Wildman–Crippen LogP) is 1.98. The van der Waals surface area contributed by atoms with E-state index < -0.39 is 6.10 Å². The van der Waals surface area contributed by atoms with Gasteiger partial charge < -0.3 is 20.6 Å². The Morgan fingerprint density at radius 1 is 1.27 bits per heavy atom. The van der Waals surface area contributed by atoms with Gasteiger partial charge in [-0.05, 0) is 37.3 Å². The lowest BCUT2D eigenvalue weighted by Gasteiger charge is -2.34. The highest BCUT2D eigenvalue weighted by Crippen LogP contribution is 2.20. The van der Waals surface area contributed by atoms with Crippen LogP contribution in [0.3, 0.4) is 0 Å². The summed E-state index contributed by atoms with van der Waals surface area (Å²) in [7, 11) is 1.95. The van der Waals surface area contributed by atoms with E-state index in [0.29, 0.717) is 19.1 Å². The van der Waals surface area contributed by atoms with Crippen molar-refractivity contribution in [2.45, 2.75) is 44.9 Å². The summed E-state index contributed by atoms with van der Waals surface area (Å²) in [5.74, 6) is 0.786. The first-order valence-electron chi connectivity index (χ1n) is 11.9. The van der Waals surface area contributed by atoms with Gasteiger partial charge in [0.05, 0.1) is 24.5 Å². The van der Waals surface area contributed by atoms with E-state index >= 15 is 0 Å². The molecular weight excluding hydrogens is 529 g/mol. The second kappa shape index (κ2) is 12.6. The number of guanidine groups is 1. The van der Waals surface area contributed by atoms with Gasteiger partial charge >= 0.3 is 0 Å². The molecule has 2 aliphatic heterocycles. The summed E-state index contributed by atoms with van der Waals surface area (Å²) in [5.41, 5.74) is 3.97. The normalized spacial score (nSPS) is 20.0. The van der Waals surface area contributed by atoms with E-state index in [1.165, 1.54) is 16.8 Å². The fourth-order valence-corrected chi connectivity index (χ4v) is 4.68. The number of β-amino-alcohol motifs (C(OH)–C–C–N with tert-alkyl or cyclic N) is 1. The van der Waals surface area contributed by atoms with Crippen LogP contribution in [0, 0.1) is 0 Å². The van der Waals surface area contributed by atoms with Crippen molar-refractivity contribution in [3.8, 4) is 0 Å². The summed E-state index contributed by atoms with van der Waals surface area (Å²) in [6.07, 6.45) is 6.80. The molecule has 3 heterocycles. The number of fused-ring (bicyclic) bond motifs is 1. The standard InChI is InChI=1S/C24H37N7O.HI/c1-3-25-24(28-21-9-6-11-31(16-21)22-13-27-29(2)17-22)26-14-23(32)18-30-12-10-19-7-4-5-8-20(19)15-30;/h4-5,7-8,13,17,21,23,32H,3,6,9-12,14-16,18H2,1-2H3,(H2,25,26,28);1H. The Balaban J connectivity index is 0.00000306. The van der Waals surface area contributed by atoms with Gasteiger partial charge in [0.1, 0.15) is 0 Å². The number of aromatic nitrogens is 2. The molecule has 182 valence electrons. The number of aryl methyl sites for hydroxylation is 1. The van der Waals surface area contributed by atoms with Crippen molar-refractivity contribution in [1.82, 2.24) is 25.3 Å². The van der Waals surface area contributed by atoms with Crippen LogP contribution in [0.5, 0.6) is 0 Å². The van der Waals surface area contributed by atoms with Crippen LogP contribution in [-0.2, 0) is 20.0 Å². The fourth-order valence-electron chi connectivity index (χ4n) is 4.68. The molecule has 0 bridgehead atoms. The molecule has 9 heteroatoms. The monoisotopic (exact) mass is 567 g/mol. The molecule has 0 aliphatic carbocycles. The van der Waals surface area contributed by atoms with Crippen LogP contribution >= 0.6 is 24.0 Å². The lowest BCUT2D eigenvalue weighted by molar-refractivity contribution is 0.111. The second-order valence-corrected chi connectivity index (χ2v) is 8.93. The molecule has 2 aliphatic rings. The predicted molar refractivity (Wildman–Crippen MR) is 144 cm³/mol. The number of hydrogen-bond acceptors (Lipinski definition) is 5. The van der Waals surface area contributed by atoms with Gasteiger partial charge in [-0.3, -0.25) is 14.6 Å². The maximum atomic E-state index is 10.6. The van der Waals surface area contributed by atoms with E-state index in [1.807, 2.05) is 17.9 Å². The molecule has 33 heavy (non-hydrogen) atoms. The van der Waals surface area contributed by atoms with Crippen LogP contribution in [0.1, 0.15) is 30.9 Å². The van der Waals surface area contributed by atoms with Crippen molar-refractivity contribution in [3.63, 3.8) is 0 Å². The van der Waals surface area contributed by atoms with Crippen LogP contribution in [-0.4, -0.2) is 77.2 Å². The number of rotatable bonds is 7. The Bertz CT molecular complexity index is 902. The van der Waals surface area contributed by atoms with Gasteiger partial charge in [0, 0.05) is 58.6 Å². The number of benzene rings is 1. The van der Waals surface area contributed by atoms with E-state index in [9.17, 15) is 5.11 Å². The molecule has 1 aromatic heterocycles. The summed E-state index contributed by atoms with van der Waals surface area (Å²) in [4.78, 5) is 9.41. The minimum absolute atomic E-state index is 0. The maximum Gasteiger partial charge on any atom is 0.191 e. The Morgan fingerprint density at radius 3 is 2.85 bits per heavy atom. The smallest absolute Gasteiger partial charge is 0.191 e. The third kappa shape index (κ3) is 7.31. The topological polar surface area (TPSA) is 81.0 Å².